The van der Waals surface area contributed by atoms with Crippen molar-refractivity contribution < 1.29 is 14.7 Å². The number of carboxylic acid groups (broad SMARTS) is 1. The molecule has 0 aromatic heterocycles. The minimum atomic E-state index is -0.804. The fraction of sp³-hybridized carbons (Fsp3) is 0.733. The molecular weight excluding hydrogens is 242 g/mol. The van der Waals surface area contributed by atoms with Gasteiger partial charge in [-0.2, -0.15) is 0 Å². The molecule has 0 aromatic rings. The second-order valence-electron chi connectivity index (χ2n) is 5.62. The molecule has 19 heavy (non-hydrogen) atoms. The number of hydrogen-bond donors (Lipinski definition) is 1. The van der Waals surface area contributed by atoms with Crippen molar-refractivity contribution in [3.63, 3.8) is 0 Å². The Bertz CT molecular complexity index is 376. The molecule has 0 saturated carbocycles. The van der Waals surface area contributed by atoms with Crippen LogP contribution in [0.3, 0.4) is 0 Å². The van der Waals surface area contributed by atoms with Crippen LogP contribution < -0.4 is 0 Å². The van der Waals surface area contributed by atoms with E-state index in [0.717, 1.165) is 38.6 Å². The van der Waals surface area contributed by atoms with E-state index in [4.69, 9.17) is 5.11 Å². The summed E-state index contributed by atoms with van der Waals surface area (Å²) in [4.78, 5) is 25.0. The highest BCUT2D eigenvalue weighted by molar-refractivity contribution is 5.80. The maximum atomic E-state index is 12.4. The first-order valence-electron chi connectivity index (χ1n) is 7.36. The zero-order valence-electron chi connectivity index (χ0n) is 11.4. The Morgan fingerprint density at radius 2 is 2.11 bits per heavy atom. The van der Waals surface area contributed by atoms with Crippen molar-refractivity contribution in [1.29, 1.82) is 0 Å². The number of rotatable bonds is 4. The molecule has 4 nitrogen and oxygen atoms in total. The zero-order valence-corrected chi connectivity index (χ0v) is 11.4. The number of piperidine rings is 1. The summed E-state index contributed by atoms with van der Waals surface area (Å²) in [6, 6.07) is -0.0945. The molecule has 0 aromatic carbocycles. The van der Waals surface area contributed by atoms with Crippen molar-refractivity contribution in [3.8, 4) is 0 Å². The second kappa shape index (κ2) is 6.73. The molecule has 1 N–H and O–H groups in total. The lowest BCUT2D eigenvalue weighted by Crippen LogP contribution is -2.44. The lowest BCUT2D eigenvalue weighted by atomic mass is 9.94. The number of amides is 1. The molecule has 2 aliphatic rings. The Labute approximate surface area is 114 Å². The van der Waals surface area contributed by atoms with E-state index in [1.807, 2.05) is 4.90 Å². The normalized spacial score (nSPS) is 23.9. The standard InChI is InChI=1S/C15H23NO3/c17-14(10-12-6-2-1-3-7-12)16-9-5-4-8-13(16)11-15(18)19/h6,13H,1-5,7-11H2,(H,18,19). The Balaban J connectivity index is 1.94. The average molecular weight is 265 g/mol. The van der Waals surface area contributed by atoms with Crippen LogP contribution in [-0.4, -0.2) is 34.5 Å². The fourth-order valence-corrected chi connectivity index (χ4v) is 3.10. The van der Waals surface area contributed by atoms with Gasteiger partial charge in [0, 0.05) is 19.0 Å². The molecule has 1 aliphatic carbocycles. The van der Waals surface area contributed by atoms with Gasteiger partial charge < -0.3 is 10.0 Å². The Morgan fingerprint density at radius 3 is 2.79 bits per heavy atom. The van der Waals surface area contributed by atoms with Gasteiger partial charge in [-0.15, -0.1) is 0 Å². The van der Waals surface area contributed by atoms with E-state index in [9.17, 15) is 9.59 Å². The molecule has 1 atom stereocenters. The lowest BCUT2D eigenvalue weighted by molar-refractivity contribution is -0.141. The van der Waals surface area contributed by atoms with Gasteiger partial charge in [0.25, 0.3) is 0 Å². The Morgan fingerprint density at radius 1 is 1.26 bits per heavy atom. The molecule has 1 amide bonds. The van der Waals surface area contributed by atoms with Gasteiger partial charge in [0.1, 0.15) is 0 Å². The van der Waals surface area contributed by atoms with Crippen LogP contribution in [0.5, 0.6) is 0 Å². The molecule has 1 heterocycles. The Hall–Kier alpha value is -1.32. The summed E-state index contributed by atoms with van der Waals surface area (Å²) >= 11 is 0. The van der Waals surface area contributed by atoms with Gasteiger partial charge in [0.2, 0.25) is 5.91 Å². The summed E-state index contributed by atoms with van der Waals surface area (Å²) in [5.74, 6) is -0.680. The van der Waals surface area contributed by atoms with Crippen molar-refractivity contribution in [3.05, 3.63) is 11.6 Å². The maximum absolute atomic E-state index is 12.4. The van der Waals surface area contributed by atoms with E-state index in [1.54, 1.807) is 0 Å². The first-order valence-corrected chi connectivity index (χ1v) is 7.36. The smallest absolute Gasteiger partial charge is 0.305 e. The van der Waals surface area contributed by atoms with Crippen LogP contribution in [-0.2, 0) is 9.59 Å². The Kier molecular flexibility index (Phi) is 5.00. The molecule has 1 fully saturated rings. The molecule has 2 rings (SSSR count). The molecule has 0 spiro atoms. The highest BCUT2D eigenvalue weighted by atomic mass is 16.4. The van der Waals surface area contributed by atoms with Crippen LogP contribution in [0.15, 0.2) is 11.6 Å². The summed E-state index contributed by atoms with van der Waals surface area (Å²) in [6.45, 7) is 0.726. The van der Waals surface area contributed by atoms with E-state index in [-0.39, 0.29) is 18.4 Å². The summed E-state index contributed by atoms with van der Waals surface area (Å²) in [7, 11) is 0. The van der Waals surface area contributed by atoms with Gasteiger partial charge >= 0.3 is 5.97 Å². The first kappa shape index (κ1) is 14.1. The van der Waals surface area contributed by atoms with Gasteiger partial charge in [-0.05, 0) is 44.9 Å². The first-order chi connectivity index (χ1) is 9.16. The van der Waals surface area contributed by atoms with E-state index in [2.05, 4.69) is 6.08 Å². The monoisotopic (exact) mass is 265 g/mol. The van der Waals surface area contributed by atoms with Crippen LogP contribution in [0.25, 0.3) is 0 Å². The van der Waals surface area contributed by atoms with Crippen LogP contribution in [0, 0.1) is 0 Å². The number of carboxylic acids is 1. The van der Waals surface area contributed by atoms with E-state index < -0.39 is 5.97 Å². The van der Waals surface area contributed by atoms with Crippen LogP contribution in [0.4, 0.5) is 0 Å². The molecule has 1 unspecified atom stereocenters. The van der Waals surface area contributed by atoms with Gasteiger partial charge in [-0.25, -0.2) is 0 Å². The lowest BCUT2D eigenvalue weighted by Gasteiger charge is -2.35. The second-order valence-corrected chi connectivity index (χ2v) is 5.62. The van der Waals surface area contributed by atoms with Gasteiger partial charge in [-0.3, -0.25) is 9.59 Å². The maximum Gasteiger partial charge on any atom is 0.305 e. The van der Waals surface area contributed by atoms with Crippen molar-refractivity contribution in [2.24, 2.45) is 0 Å². The van der Waals surface area contributed by atoms with E-state index >= 15 is 0 Å². The average Bonchev–Trinajstić information content (AvgIpc) is 2.39. The van der Waals surface area contributed by atoms with Gasteiger partial charge in [-0.1, -0.05) is 11.6 Å². The highest BCUT2D eigenvalue weighted by Gasteiger charge is 2.28. The van der Waals surface area contributed by atoms with Crippen molar-refractivity contribution in [2.75, 3.05) is 6.54 Å². The quantitative estimate of drug-likeness (QED) is 0.795. The van der Waals surface area contributed by atoms with Gasteiger partial charge in [0.15, 0.2) is 0 Å². The van der Waals surface area contributed by atoms with E-state index in [0.29, 0.717) is 6.42 Å². The largest absolute Gasteiger partial charge is 0.481 e. The zero-order chi connectivity index (χ0) is 13.7. The van der Waals surface area contributed by atoms with Crippen LogP contribution >= 0.6 is 0 Å². The molecule has 0 radical (unpaired) electrons. The summed E-state index contributed by atoms with van der Waals surface area (Å²) in [5.41, 5.74) is 1.25. The summed E-state index contributed by atoms with van der Waals surface area (Å²) in [6.07, 6.45) is 10.2. The summed E-state index contributed by atoms with van der Waals surface area (Å²) in [5, 5.41) is 8.94. The number of nitrogens with zero attached hydrogens (tertiary/aromatic N) is 1. The van der Waals surface area contributed by atoms with E-state index in [1.165, 1.54) is 18.4 Å². The number of allylic oxidation sites excluding steroid dienone is 1. The number of carbonyl (C=O) groups is 2. The predicted molar refractivity (Wildman–Crippen MR) is 72.8 cm³/mol. The number of carbonyl (C=O) groups excluding carboxylic acids is 1. The number of likely N-dealkylation sites (tertiary alicyclic amines) is 1. The number of aliphatic carboxylic acids is 1. The summed E-state index contributed by atoms with van der Waals surface area (Å²) < 4.78 is 0. The third-order valence-electron chi connectivity index (χ3n) is 4.12. The van der Waals surface area contributed by atoms with Crippen molar-refractivity contribution >= 4 is 11.9 Å². The molecule has 106 valence electrons. The molecule has 1 aliphatic heterocycles. The minimum absolute atomic E-state index is 0.0881. The number of hydrogen-bond acceptors (Lipinski definition) is 2. The van der Waals surface area contributed by atoms with Gasteiger partial charge in [0.05, 0.1) is 6.42 Å². The molecule has 4 heteroatoms. The fourth-order valence-electron chi connectivity index (χ4n) is 3.10. The van der Waals surface area contributed by atoms with Crippen molar-refractivity contribution in [1.82, 2.24) is 4.90 Å². The SMILES string of the molecule is O=C(O)CC1CCCCN1C(=O)CC1=CCCCC1. The molecular formula is C15H23NO3. The van der Waals surface area contributed by atoms with Crippen LogP contribution in [0.1, 0.15) is 57.8 Å². The predicted octanol–water partition coefficient (Wildman–Crippen LogP) is 2.73. The van der Waals surface area contributed by atoms with Crippen molar-refractivity contribution in [2.45, 2.75) is 63.8 Å². The third-order valence-corrected chi connectivity index (χ3v) is 4.12. The molecule has 1 saturated heterocycles. The third kappa shape index (κ3) is 4.08. The topological polar surface area (TPSA) is 57.6 Å². The minimum Gasteiger partial charge on any atom is -0.481 e. The highest BCUT2D eigenvalue weighted by Crippen LogP contribution is 2.25. The molecule has 0 bridgehead atoms. The van der Waals surface area contributed by atoms with Crippen LogP contribution in [0.2, 0.25) is 0 Å².